The van der Waals surface area contributed by atoms with Crippen molar-refractivity contribution in [3.8, 4) is 0 Å². The van der Waals surface area contributed by atoms with E-state index in [-0.39, 0.29) is 5.92 Å². The lowest BCUT2D eigenvalue weighted by Gasteiger charge is -2.33. The second kappa shape index (κ2) is 6.82. The number of aliphatic carboxylic acids is 1. The van der Waals surface area contributed by atoms with Gasteiger partial charge in [-0.3, -0.25) is 4.79 Å². The molecule has 0 spiro atoms. The summed E-state index contributed by atoms with van der Waals surface area (Å²) in [6, 6.07) is 9.72. The summed E-state index contributed by atoms with van der Waals surface area (Å²) in [5, 5.41) is 13.0. The predicted octanol–water partition coefficient (Wildman–Crippen LogP) is 3.93. The highest BCUT2D eigenvalue weighted by atomic mass is 16.4. The van der Waals surface area contributed by atoms with Crippen molar-refractivity contribution >= 4 is 5.97 Å². The zero-order valence-electron chi connectivity index (χ0n) is 13.4. The monoisotopic (exact) mass is 301 g/mol. The molecular formula is C19H27NO2. The smallest absolute Gasteiger partial charge is 0.306 e. The normalized spacial score (nSPS) is 32.0. The highest BCUT2D eigenvalue weighted by Crippen LogP contribution is 2.35. The fourth-order valence-electron chi connectivity index (χ4n) is 4.17. The molecule has 0 bridgehead atoms. The Bertz CT molecular complexity index is 520. The average Bonchev–Trinajstić information content (AvgIpc) is 2.68. The maximum Gasteiger partial charge on any atom is 0.306 e. The molecule has 2 aliphatic rings. The topological polar surface area (TPSA) is 49.3 Å². The highest BCUT2D eigenvalue weighted by Gasteiger charge is 2.30. The Morgan fingerprint density at radius 3 is 2.59 bits per heavy atom. The van der Waals surface area contributed by atoms with Gasteiger partial charge < -0.3 is 10.4 Å². The number of carboxylic acid groups (broad SMARTS) is 1. The molecule has 3 nitrogen and oxygen atoms in total. The predicted molar refractivity (Wildman–Crippen MR) is 87.8 cm³/mol. The van der Waals surface area contributed by atoms with Crippen LogP contribution in [-0.4, -0.2) is 17.1 Å². The molecule has 1 aromatic rings. The summed E-state index contributed by atoms with van der Waals surface area (Å²) >= 11 is 0. The lowest BCUT2D eigenvalue weighted by Crippen LogP contribution is -2.39. The van der Waals surface area contributed by atoms with E-state index in [0.29, 0.717) is 18.0 Å². The number of rotatable bonds is 3. The van der Waals surface area contributed by atoms with Crippen LogP contribution < -0.4 is 5.32 Å². The summed E-state index contributed by atoms with van der Waals surface area (Å²) < 4.78 is 0. The van der Waals surface area contributed by atoms with E-state index in [1.807, 2.05) is 0 Å². The Balaban J connectivity index is 1.70. The van der Waals surface area contributed by atoms with Crippen LogP contribution in [0.4, 0.5) is 0 Å². The minimum Gasteiger partial charge on any atom is -0.481 e. The van der Waals surface area contributed by atoms with Crippen LogP contribution in [0.5, 0.6) is 0 Å². The maximum atomic E-state index is 11.1. The van der Waals surface area contributed by atoms with E-state index in [1.54, 1.807) is 0 Å². The van der Waals surface area contributed by atoms with Gasteiger partial charge in [0.15, 0.2) is 0 Å². The molecule has 3 heteroatoms. The fourth-order valence-corrected chi connectivity index (χ4v) is 4.17. The Morgan fingerprint density at radius 2 is 1.86 bits per heavy atom. The SMILES string of the molecule is CC1CCCc2ccccc2C1NC1CCC(C(=O)O)CC1. The van der Waals surface area contributed by atoms with E-state index in [4.69, 9.17) is 5.11 Å². The van der Waals surface area contributed by atoms with E-state index >= 15 is 0 Å². The quantitative estimate of drug-likeness (QED) is 0.832. The molecule has 2 N–H and O–H groups in total. The van der Waals surface area contributed by atoms with Crippen LogP contribution in [0.3, 0.4) is 0 Å². The fraction of sp³-hybridized carbons (Fsp3) is 0.632. The van der Waals surface area contributed by atoms with Gasteiger partial charge in [-0.25, -0.2) is 0 Å². The van der Waals surface area contributed by atoms with Gasteiger partial charge in [-0.15, -0.1) is 0 Å². The van der Waals surface area contributed by atoms with E-state index in [9.17, 15) is 4.79 Å². The second-order valence-corrected chi connectivity index (χ2v) is 7.10. The summed E-state index contributed by atoms with van der Waals surface area (Å²) in [5.74, 6) is -0.107. The number of hydrogen-bond donors (Lipinski definition) is 2. The first-order chi connectivity index (χ1) is 10.6. The number of carboxylic acids is 1. The van der Waals surface area contributed by atoms with Crippen LogP contribution in [-0.2, 0) is 11.2 Å². The van der Waals surface area contributed by atoms with Gasteiger partial charge >= 0.3 is 5.97 Å². The van der Waals surface area contributed by atoms with E-state index in [0.717, 1.165) is 25.7 Å². The minimum absolute atomic E-state index is 0.128. The summed E-state index contributed by atoms with van der Waals surface area (Å²) in [4.78, 5) is 11.1. The van der Waals surface area contributed by atoms with Crippen molar-refractivity contribution in [2.75, 3.05) is 0 Å². The van der Waals surface area contributed by atoms with Crippen molar-refractivity contribution in [2.45, 2.75) is 64.0 Å². The molecule has 0 radical (unpaired) electrons. The van der Waals surface area contributed by atoms with Crippen LogP contribution in [0.25, 0.3) is 0 Å². The van der Waals surface area contributed by atoms with E-state index in [2.05, 4.69) is 36.5 Å². The third-order valence-corrected chi connectivity index (χ3v) is 5.56. The highest BCUT2D eigenvalue weighted by molar-refractivity contribution is 5.70. The Labute approximate surface area is 133 Å². The second-order valence-electron chi connectivity index (χ2n) is 7.10. The molecular weight excluding hydrogens is 274 g/mol. The molecule has 2 aliphatic carbocycles. The molecule has 0 aromatic heterocycles. The van der Waals surface area contributed by atoms with Gasteiger partial charge in [0.05, 0.1) is 5.92 Å². The van der Waals surface area contributed by atoms with Gasteiger partial charge in [0.2, 0.25) is 0 Å². The average molecular weight is 301 g/mol. The minimum atomic E-state index is -0.619. The number of hydrogen-bond acceptors (Lipinski definition) is 2. The third-order valence-electron chi connectivity index (χ3n) is 5.56. The van der Waals surface area contributed by atoms with Gasteiger partial charge in [0.1, 0.15) is 0 Å². The van der Waals surface area contributed by atoms with Crippen LogP contribution >= 0.6 is 0 Å². The maximum absolute atomic E-state index is 11.1. The first kappa shape index (κ1) is 15.5. The van der Waals surface area contributed by atoms with Crippen LogP contribution in [0.1, 0.15) is 62.6 Å². The van der Waals surface area contributed by atoms with Gasteiger partial charge in [0.25, 0.3) is 0 Å². The zero-order chi connectivity index (χ0) is 15.5. The van der Waals surface area contributed by atoms with E-state index < -0.39 is 5.97 Å². The molecule has 0 amide bonds. The summed E-state index contributed by atoms with van der Waals surface area (Å²) in [6.07, 6.45) is 7.32. The van der Waals surface area contributed by atoms with Crippen molar-refractivity contribution in [1.29, 1.82) is 0 Å². The zero-order valence-corrected chi connectivity index (χ0v) is 13.4. The molecule has 1 saturated carbocycles. The van der Waals surface area contributed by atoms with Crippen molar-refractivity contribution in [2.24, 2.45) is 11.8 Å². The Hall–Kier alpha value is -1.35. The molecule has 1 fully saturated rings. The number of aryl methyl sites for hydroxylation is 1. The van der Waals surface area contributed by atoms with Crippen LogP contribution in [0.15, 0.2) is 24.3 Å². The molecule has 1 aromatic carbocycles. The van der Waals surface area contributed by atoms with Crippen LogP contribution in [0.2, 0.25) is 0 Å². The lowest BCUT2D eigenvalue weighted by molar-refractivity contribution is -0.142. The Kier molecular flexibility index (Phi) is 4.82. The number of fused-ring (bicyclic) bond motifs is 1. The Morgan fingerprint density at radius 1 is 1.14 bits per heavy atom. The van der Waals surface area contributed by atoms with Crippen molar-refractivity contribution in [1.82, 2.24) is 5.32 Å². The third kappa shape index (κ3) is 3.35. The molecule has 120 valence electrons. The molecule has 0 saturated heterocycles. The standard InChI is InChI=1S/C19H27NO2/c1-13-5-4-7-14-6-2-3-8-17(14)18(13)20-16-11-9-15(10-12-16)19(21)22/h2-3,6,8,13,15-16,18,20H,4-5,7,9-12H2,1H3,(H,21,22). The summed E-state index contributed by atoms with van der Waals surface area (Å²) in [5.41, 5.74) is 2.96. The summed E-state index contributed by atoms with van der Waals surface area (Å²) in [7, 11) is 0. The largest absolute Gasteiger partial charge is 0.481 e. The number of carbonyl (C=O) groups is 1. The molecule has 0 heterocycles. The molecule has 22 heavy (non-hydrogen) atoms. The van der Waals surface area contributed by atoms with Crippen LogP contribution in [0, 0.1) is 11.8 Å². The van der Waals surface area contributed by atoms with Gasteiger partial charge in [-0.1, -0.05) is 31.2 Å². The van der Waals surface area contributed by atoms with Crippen molar-refractivity contribution < 1.29 is 9.90 Å². The van der Waals surface area contributed by atoms with Gasteiger partial charge in [-0.05, 0) is 62.0 Å². The summed E-state index contributed by atoms with van der Waals surface area (Å²) in [6.45, 7) is 2.35. The first-order valence-corrected chi connectivity index (χ1v) is 8.72. The lowest BCUT2D eigenvalue weighted by atomic mass is 9.84. The molecule has 2 atom stereocenters. The first-order valence-electron chi connectivity index (χ1n) is 8.72. The molecule has 0 aliphatic heterocycles. The van der Waals surface area contributed by atoms with Crippen molar-refractivity contribution in [3.63, 3.8) is 0 Å². The number of nitrogens with one attached hydrogen (secondary N) is 1. The van der Waals surface area contributed by atoms with Gasteiger partial charge in [-0.2, -0.15) is 0 Å². The number of benzene rings is 1. The van der Waals surface area contributed by atoms with Crippen molar-refractivity contribution in [3.05, 3.63) is 35.4 Å². The molecule has 3 rings (SSSR count). The van der Waals surface area contributed by atoms with Gasteiger partial charge in [0, 0.05) is 12.1 Å². The van der Waals surface area contributed by atoms with E-state index in [1.165, 1.54) is 30.4 Å². The molecule has 2 unspecified atom stereocenters.